The van der Waals surface area contributed by atoms with Crippen LogP contribution in [0.25, 0.3) is 0 Å². The van der Waals surface area contributed by atoms with Gasteiger partial charge in [0.15, 0.2) is 9.84 Å². The van der Waals surface area contributed by atoms with Gasteiger partial charge in [0.25, 0.3) is 0 Å². The smallest absolute Gasteiger partial charge is 0.153 e. The highest BCUT2D eigenvalue weighted by Crippen LogP contribution is 2.20. The van der Waals surface area contributed by atoms with Gasteiger partial charge in [-0.05, 0) is 18.6 Å². The number of nitrogens with zero attached hydrogens (tertiary/aromatic N) is 3. The van der Waals surface area contributed by atoms with Crippen molar-refractivity contribution in [2.24, 2.45) is 0 Å². The summed E-state index contributed by atoms with van der Waals surface area (Å²) in [6.45, 7) is 2.52. The molecule has 1 saturated heterocycles. The highest BCUT2D eigenvalue weighted by Gasteiger charge is 2.24. The van der Waals surface area contributed by atoms with Crippen molar-refractivity contribution in [3.63, 3.8) is 0 Å². The molecule has 3 rings (SSSR count). The second kappa shape index (κ2) is 6.94. The Morgan fingerprint density at radius 2 is 2.35 bits per heavy atom. The van der Waals surface area contributed by atoms with Crippen LogP contribution in [0.3, 0.4) is 0 Å². The number of rotatable bonds is 6. The Labute approximate surface area is 140 Å². The molecule has 0 radical (unpaired) electrons. The highest BCUT2D eigenvalue weighted by molar-refractivity contribution is 7.90. The predicted octanol–water partition coefficient (Wildman–Crippen LogP) is 1.74. The van der Waals surface area contributed by atoms with Crippen molar-refractivity contribution in [2.75, 3.05) is 19.3 Å². The Hall–Kier alpha value is -1.51. The first-order valence-electron chi connectivity index (χ1n) is 7.38. The quantitative estimate of drug-likeness (QED) is 0.788. The molecule has 2 aromatic rings. The van der Waals surface area contributed by atoms with E-state index in [1.807, 2.05) is 17.5 Å². The summed E-state index contributed by atoms with van der Waals surface area (Å²) in [6.07, 6.45) is 5.81. The molecule has 0 bridgehead atoms. The first kappa shape index (κ1) is 16.4. The molecule has 0 amide bonds. The number of aromatic nitrogens is 2. The third kappa shape index (κ3) is 4.98. The largest absolute Gasteiger partial charge is 0.487 e. The summed E-state index contributed by atoms with van der Waals surface area (Å²) in [6, 6.07) is 3.77. The maximum absolute atomic E-state index is 11.3. The standard InChI is InChI=1S/C15H19N3O3S2/c1-23(19,20)11-15-17-12(10-22-15)8-18-6-4-14(9-18)21-13-3-2-5-16-7-13/h2-3,5,7,10,14H,4,6,8-9,11H2,1H3. The van der Waals surface area contributed by atoms with Gasteiger partial charge < -0.3 is 4.74 Å². The van der Waals surface area contributed by atoms with Gasteiger partial charge in [-0.25, -0.2) is 13.4 Å². The van der Waals surface area contributed by atoms with Crippen LogP contribution in [0.15, 0.2) is 29.9 Å². The predicted molar refractivity (Wildman–Crippen MR) is 89.2 cm³/mol. The van der Waals surface area contributed by atoms with Crippen LogP contribution in [0.1, 0.15) is 17.1 Å². The molecule has 1 fully saturated rings. The number of hydrogen-bond donors (Lipinski definition) is 0. The Morgan fingerprint density at radius 3 is 3.09 bits per heavy atom. The lowest BCUT2D eigenvalue weighted by Crippen LogP contribution is -2.24. The van der Waals surface area contributed by atoms with E-state index >= 15 is 0 Å². The molecule has 1 unspecified atom stereocenters. The van der Waals surface area contributed by atoms with Crippen molar-refractivity contribution in [2.45, 2.75) is 24.8 Å². The molecule has 23 heavy (non-hydrogen) atoms. The Kier molecular flexibility index (Phi) is 4.93. The lowest BCUT2D eigenvalue weighted by atomic mass is 10.3. The minimum absolute atomic E-state index is 0.0183. The average molecular weight is 353 g/mol. The monoisotopic (exact) mass is 353 g/mol. The fourth-order valence-electron chi connectivity index (χ4n) is 2.59. The molecule has 0 N–H and O–H groups in total. The fraction of sp³-hybridized carbons (Fsp3) is 0.467. The summed E-state index contributed by atoms with van der Waals surface area (Å²) in [5.41, 5.74) is 0.927. The van der Waals surface area contributed by atoms with E-state index in [0.717, 1.165) is 37.5 Å². The van der Waals surface area contributed by atoms with Gasteiger partial charge in [-0.15, -0.1) is 11.3 Å². The zero-order chi connectivity index (χ0) is 16.3. The van der Waals surface area contributed by atoms with Gasteiger partial charge in [-0.3, -0.25) is 9.88 Å². The molecule has 2 aromatic heterocycles. The van der Waals surface area contributed by atoms with Crippen molar-refractivity contribution < 1.29 is 13.2 Å². The molecule has 1 aliphatic rings. The van der Waals surface area contributed by atoms with Crippen molar-refractivity contribution in [1.82, 2.24) is 14.9 Å². The van der Waals surface area contributed by atoms with Gasteiger partial charge in [-0.1, -0.05) is 0 Å². The lowest BCUT2D eigenvalue weighted by molar-refractivity contribution is 0.197. The summed E-state index contributed by atoms with van der Waals surface area (Å²) in [7, 11) is -3.03. The minimum atomic E-state index is -3.03. The zero-order valence-corrected chi connectivity index (χ0v) is 14.5. The number of ether oxygens (including phenoxy) is 1. The van der Waals surface area contributed by atoms with Gasteiger partial charge in [0.05, 0.1) is 11.9 Å². The molecular weight excluding hydrogens is 334 g/mol. The number of sulfone groups is 1. The van der Waals surface area contributed by atoms with Crippen LogP contribution in [0.5, 0.6) is 5.75 Å². The van der Waals surface area contributed by atoms with Crippen LogP contribution in [0, 0.1) is 0 Å². The first-order chi connectivity index (χ1) is 11.0. The average Bonchev–Trinajstić information content (AvgIpc) is 3.09. The van der Waals surface area contributed by atoms with E-state index < -0.39 is 9.84 Å². The minimum Gasteiger partial charge on any atom is -0.487 e. The van der Waals surface area contributed by atoms with Crippen molar-refractivity contribution in [3.05, 3.63) is 40.6 Å². The summed E-state index contributed by atoms with van der Waals surface area (Å²) in [5, 5.41) is 2.60. The number of likely N-dealkylation sites (tertiary alicyclic amines) is 1. The highest BCUT2D eigenvalue weighted by atomic mass is 32.2. The van der Waals surface area contributed by atoms with E-state index in [1.54, 1.807) is 12.4 Å². The summed E-state index contributed by atoms with van der Waals surface area (Å²) in [5.74, 6) is 0.813. The Morgan fingerprint density at radius 1 is 1.48 bits per heavy atom. The molecule has 1 aliphatic heterocycles. The van der Waals surface area contributed by atoms with E-state index in [9.17, 15) is 8.42 Å². The van der Waals surface area contributed by atoms with Gasteiger partial charge in [0, 0.05) is 37.5 Å². The van der Waals surface area contributed by atoms with Gasteiger partial charge in [0.2, 0.25) is 0 Å². The van der Waals surface area contributed by atoms with E-state index in [-0.39, 0.29) is 11.9 Å². The zero-order valence-electron chi connectivity index (χ0n) is 12.9. The molecule has 0 spiro atoms. The summed E-state index contributed by atoms with van der Waals surface area (Å²) >= 11 is 1.41. The number of thiazole rings is 1. The van der Waals surface area contributed by atoms with Crippen LogP contribution >= 0.6 is 11.3 Å². The second-order valence-corrected chi connectivity index (χ2v) is 8.84. The van der Waals surface area contributed by atoms with Crippen LogP contribution in [0.4, 0.5) is 0 Å². The van der Waals surface area contributed by atoms with Crippen LogP contribution in [-0.4, -0.2) is 48.7 Å². The molecule has 0 aliphatic carbocycles. The van der Waals surface area contributed by atoms with Gasteiger partial charge >= 0.3 is 0 Å². The first-order valence-corrected chi connectivity index (χ1v) is 10.3. The molecule has 124 valence electrons. The Bertz CT molecular complexity index is 746. The van der Waals surface area contributed by atoms with Crippen molar-refractivity contribution in [1.29, 1.82) is 0 Å². The number of pyridine rings is 1. The fourth-order valence-corrected chi connectivity index (χ4v) is 4.58. The maximum atomic E-state index is 11.3. The van der Waals surface area contributed by atoms with Crippen molar-refractivity contribution in [3.8, 4) is 5.75 Å². The summed E-state index contributed by atoms with van der Waals surface area (Å²) < 4.78 is 28.5. The second-order valence-electron chi connectivity index (χ2n) is 5.76. The van der Waals surface area contributed by atoms with Gasteiger partial charge in [0.1, 0.15) is 22.6 Å². The maximum Gasteiger partial charge on any atom is 0.153 e. The Balaban J connectivity index is 1.52. The molecule has 1 atom stereocenters. The molecule has 6 nitrogen and oxygen atoms in total. The van der Waals surface area contributed by atoms with E-state index in [4.69, 9.17) is 4.74 Å². The third-order valence-electron chi connectivity index (χ3n) is 3.54. The van der Waals surface area contributed by atoms with E-state index in [0.29, 0.717) is 5.01 Å². The van der Waals surface area contributed by atoms with Crippen LogP contribution in [-0.2, 0) is 22.1 Å². The third-order valence-corrected chi connectivity index (χ3v) is 5.42. The molecule has 0 aromatic carbocycles. The molecule has 0 saturated carbocycles. The molecular formula is C15H19N3O3S2. The van der Waals surface area contributed by atoms with E-state index in [2.05, 4.69) is 14.9 Å². The molecule has 3 heterocycles. The molecule has 8 heteroatoms. The topological polar surface area (TPSA) is 72.4 Å². The SMILES string of the molecule is CS(=O)(=O)Cc1nc(CN2CCC(Oc3cccnc3)C2)cs1. The normalized spacial score (nSPS) is 19.1. The summed E-state index contributed by atoms with van der Waals surface area (Å²) in [4.78, 5) is 10.7. The van der Waals surface area contributed by atoms with Gasteiger partial charge in [-0.2, -0.15) is 0 Å². The van der Waals surface area contributed by atoms with E-state index in [1.165, 1.54) is 17.6 Å². The van der Waals surface area contributed by atoms with Crippen LogP contribution < -0.4 is 4.74 Å². The number of hydrogen-bond acceptors (Lipinski definition) is 7. The van der Waals surface area contributed by atoms with Crippen LogP contribution in [0.2, 0.25) is 0 Å². The van der Waals surface area contributed by atoms with Crippen molar-refractivity contribution >= 4 is 21.2 Å². The lowest BCUT2D eigenvalue weighted by Gasteiger charge is -2.15.